The maximum absolute atomic E-state index is 11.2. The highest BCUT2D eigenvalue weighted by molar-refractivity contribution is 5.88. The Balaban J connectivity index is 2.90. The molecule has 0 aromatic heterocycles. The summed E-state index contributed by atoms with van der Waals surface area (Å²) in [4.78, 5) is 11.2. The fourth-order valence-corrected chi connectivity index (χ4v) is 1.56. The fourth-order valence-electron chi connectivity index (χ4n) is 1.56. The van der Waals surface area contributed by atoms with Crippen LogP contribution < -0.4 is 0 Å². The standard InChI is InChI=1S/C13H16O2/c1-9-6-5-7-10(2)12(9)8-11(3)13(14)15-4/h5-7H,3,8H2,1-2,4H3. The molecule has 2 heteroatoms. The van der Waals surface area contributed by atoms with Crippen molar-refractivity contribution in [2.45, 2.75) is 20.3 Å². The fraction of sp³-hybridized carbons (Fsp3) is 0.308. The molecule has 0 fully saturated rings. The minimum atomic E-state index is -0.336. The van der Waals surface area contributed by atoms with Crippen LogP contribution in [0.5, 0.6) is 0 Å². The molecule has 0 N–H and O–H groups in total. The third-order valence-electron chi connectivity index (χ3n) is 2.51. The number of hydrogen-bond donors (Lipinski definition) is 0. The van der Waals surface area contributed by atoms with Crippen molar-refractivity contribution in [3.05, 3.63) is 47.0 Å². The second-order valence-corrected chi connectivity index (χ2v) is 3.64. The Morgan fingerprint density at radius 1 is 1.33 bits per heavy atom. The number of rotatable bonds is 3. The summed E-state index contributed by atoms with van der Waals surface area (Å²) in [6, 6.07) is 6.08. The summed E-state index contributed by atoms with van der Waals surface area (Å²) < 4.78 is 4.63. The SMILES string of the molecule is C=C(Cc1c(C)cccc1C)C(=O)OC. The molecule has 2 nitrogen and oxygen atoms in total. The molecule has 0 saturated heterocycles. The quantitative estimate of drug-likeness (QED) is 0.558. The Bertz CT molecular complexity index is 371. The van der Waals surface area contributed by atoms with Crippen LogP contribution in [-0.2, 0) is 16.0 Å². The largest absolute Gasteiger partial charge is 0.466 e. The monoisotopic (exact) mass is 204 g/mol. The second-order valence-electron chi connectivity index (χ2n) is 3.64. The number of carbonyl (C=O) groups is 1. The van der Waals surface area contributed by atoms with E-state index in [1.165, 1.54) is 18.2 Å². The van der Waals surface area contributed by atoms with Gasteiger partial charge in [-0.1, -0.05) is 24.8 Å². The first-order valence-electron chi connectivity index (χ1n) is 4.87. The van der Waals surface area contributed by atoms with Crippen molar-refractivity contribution in [3.63, 3.8) is 0 Å². The first-order chi connectivity index (χ1) is 7.06. The maximum atomic E-state index is 11.2. The van der Waals surface area contributed by atoms with Crippen molar-refractivity contribution in [1.29, 1.82) is 0 Å². The summed E-state index contributed by atoms with van der Waals surface area (Å²) in [6.07, 6.45) is 0.561. The Morgan fingerprint density at radius 3 is 2.33 bits per heavy atom. The van der Waals surface area contributed by atoms with Gasteiger partial charge in [0.2, 0.25) is 0 Å². The highest BCUT2D eigenvalue weighted by Gasteiger charge is 2.10. The van der Waals surface area contributed by atoms with Gasteiger partial charge in [0.1, 0.15) is 0 Å². The van der Waals surface area contributed by atoms with Gasteiger partial charge in [-0.25, -0.2) is 4.79 Å². The first-order valence-corrected chi connectivity index (χ1v) is 4.87. The molecule has 0 amide bonds. The van der Waals surface area contributed by atoms with Crippen molar-refractivity contribution in [2.75, 3.05) is 7.11 Å². The average molecular weight is 204 g/mol. The molecule has 0 atom stereocenters. The summed E-state index contributed by atoms with van der Waals surface area (Å²) in [6.45, 7) is 7.80. The van der Waals surface area contributed by atoms with Crippen molar-refractivity contribution in [1.82, 2.24) is 0 Å². The van der Waals surface area contributed by atoms with Gasteiger partial charge in [0.15, 0.2) is 0 Å². The smallest absolute Gasteiger partial charge is 0.333 e. The molecule has 1 aromatic carbocycles. The maximum Gasteiger partial charge on any atom is 0.333 e. The molecule has 0 aliphatic heterocycles. The minimum Gasteiger partial charge on any atom is -0.466 e. The Morgan fingerprint density at radius 2 is 1.87 bits per heavy atom. The van der Waals surface area contributed by atoms with E-state index in [4.69, 9.17) is 0 Å². The third-order valence-corrected chi connectivity index (χ3v) is 2.51. The molecule has 0 heterocycles. The van der Waals surface area contributed by atoms with Crippen LogP contribution >= 0.6 is 0 Å². The lowest BCUT2D eigenvalue weighted by Gasteiger charge is -2.10. The Hall–Kier alpha value is -1.57. The van der Waals surface area contributed by atoms with Gasteiger partial charge in [0.05, 0.1) is 7.11 Å². The van der Waals surface area contributed by atoms with E-state index in [1.54, 1.807) is 0 Å². The van der Waals surface area contributed by atoms with Crippen LogP contribution in [0.4, 0.5) is 0 Å². The van der Waals surface area contributed by atoms with Crippen LogP contribution in [0.25, 0.3) is 0 Å². The Labute approximate surface area is 90.6 Å². The zero-order valence-electron chi connectivity index (χ0n) is 9.46. The van der Waals surface area contributed by atoms with Gasteiger partial charge in [0, 0.05) is 12.0 Å². The molecule has 0 aliphatic rings. The molecular formula is C13H16O2. The van der Waals surface area contributed by atoms with Crippen LogP contribution in [0.1, 0.15) is 16.7 Å². The highest BCUT2D eigenvalue weighted by atomic mass is 16.5. The second kappa shape index (κ2) is 4.78. The van der Waals surface area contributed by atoms with E-state index in [2.05, 4.69) is 11.3 Å². The van der Waals surface area contributed by atoms with E-state index in [-0.39, 0.29) is 5.97 Å². The molecule has 15 heavy (non-hydrogen) atoms. The van der Waals surface area contributed by atoms with E-state index in [0.29, 0.717) is 12.0 Å². The molecule has 80 valence electrons. The van der Waals surface area contributed by atoms with Crippen molar-refractivity contribution < 1.29 is 9.53 Å². The predicted octanol–water partition coefficient (Wildman–Crippen LogP) is 2.58. The molecule has 1 rings (SSSR count). The van der Waals surface area contributed by atoms with Crippen molar-refractivity contribution >= 4 is 5.97 Å². The normalized spacial score (nSPS) is 9.80. The molecule has 0 aliphatic carbocycles. The average Bonchev–Trinajstić information content (AvgIpc) is 2.22. The zero-order chi connectivity index (χ0) is 11.4. The number of ether oxygens (including phenoxy) is 1. The van der Waals surface area contributed by atoms with Crippen LogP contribution in [0.15, 0.2) is 30.4 Å². The van der Waals surface area contributed by atoms with Gasteiger partial charge in [0.25, 0.3) is 0 Å². The summed E-state index contributed by atoms with van der Waals surface area (Å²) in [5, 5.41) is 0. The van der Waals surface area contributed by atoms with Gasteiger partial charge in [-0.2, -0.15) is 0 Å². The number of carbonyl (C=O) groups excluding carboxylic acids is 1. The summed E-state index contributed by atoms with van der Waals surface area (Å²) in [7, 11) is 1.37. The Kier molecular flexibility index (Phi) is 3.67. The first kappa shape index (κ1) is 11.5. The molecule has 0 unspecified atom stereocenters. The van der Waals surface area contributed by atoms with E-state index in [9.17, 15) is 4.79 Å². The van der Waals surface area contributed by atoms with Crippen LogP contribution in [0, 0.1) is 13.8 Å². The van der Waals surface area contributed by atoms with Crippen LogP contribution in [0.3, 0.4) is 0 Å². The lowest BCUT2D eigenvalue weighted by atomic mass is 9.97. The number of methoxy groups -OCH3 is 1. The summed E-state index contributed by atoms with van der Waals surface area (Å²) >= 11 is 0. The van der Waals surface area contributed by atoms with Gasteiger partial charge < -0.3 is 4.74 Å². The number of aryl methyl sites for hydroxylation is 2. The van der Waals surface area contributed by atoms with Crippen molar-refractivity contribution in [3.8, 4) is 0 Å². The lowest BCUT2D eigenvalue weighted by molar-refractivity contribution is -0.136. The van der Waals surface area contributed by atoms with Crippen molar-refractivity contribution in [2.24, 2.45) is 0 Å². The summed E-state index contributed by atoms with van der Waals surface area (Å²) in [5.74, 6) is -0.336. The van der Waals surface area contributed by atoms with Gasteiger partial charge in [-0.15, -0.1) is 0 Å². The number of esters is 1. The molecular weight excluding hydrogens is 188 g/mol. The van der Waals surface area contributed by atoms with Crippen LogP contribution in [0.2, 0.25) is 0 Å². The van der Waals surface area contributed by atoms with Gasteiger partial charge >= 0.3 is 5.97 Å². The van der Waals surface area contributed by atoms with E-state index >= 15 is 0 Å². The van der Waals surface area contributed by atoms with Crippen LogP contribution in [-0.4, -0.2) is 13.1 Å². The van der Waals surface area contributed by atoms with Gasteiger partial charge in [-0.3, -0.25) is 0 Å². The predicted molar refractivity (Wildman–Crippen MR) is 60.8 cm³/mol. The molecule has 1 aromatic rings. The number of benzene rings is 1. The van der Waals surface area contributed by atoms with E-state index in [0.717, 1.165) is 5.56 Å². The third kappa shape index (κ3) is 2.69. The molecule has 0 radical (unpaired) electrons. The van der Waals surface area contributed by atoms with Gasteiger partial charge in [-0.05, 0) is 30.5 Å². The number of hydrogen-bond acceptors (Lipinski definition) is 2. The topological polar surface area (TPSA) is 26.3 Å². The van der Waals surface area contributed by atoms with E-state index in [1.807, 2.05) is 32.0 Å². The molecule has 0 saturated carbocycles. The zero-order valence-corrected chi connectivity index (χ0v) is 9.46. The summed E-state index contributed by atoms with van der Waals surface area (Å²) in [5.41, 5.74) is 4.02. The lowest BCUT2D eigenvalue weighted by Crippen LogP contribution is -2.07. The molecule has 0 bridgehead atoms. The van der Waals surface area contributed by atoms with E-state index < -0.39 is 0 Å². The highest BCUT2D eigenvalue weighted by Crippen LogP contribution is 2.17. The molecule has 0 spiro atoms. The minimum absolute atomic E-state index is 0.336.